The first-order chi connectivity index (χ1) is 8.99. The Kier molecular flexibility index (Phi) is 4.26. The number of aromatic nitrogens is 1. The zero-order valence-electron chi connectivity index (χ0n) is 10.2. The van der Waals surface area contributed by atoms with Crippen molar-refractivity contribution in [1.82, 2.24) is 9.88 Å². The van der Waals surface area contributed by atoms with Crippen molar-refractivity contribution in [3.8, 4) is 5.88 Å². The Balaban J connectivity index is 1.90. The van der Waals surface area contributed by atoms with Crippen molar-refractivity contribution in [3.05, 3.63) is 23.9 Å². The molecular formula is C12H15F3N2O2. The molecule has 0 aliphatic carbocycles. The van der Waals surface area contributed by atoms with E-state index in [1.165, 1.54) is 6.07 Å². The van der Waals surface area contributed by atoms with Crippen LogP contribution in [0.3, 0.4) is 0 Å². The summed E-state index contributed by atoms with van der Waals surface area (Å²) in [5.74, 6) is 0.198. The van der Waals surface area contributed by atoms with E-state index in [0.717, 1.165) is 25.2 Å². The van der Waals surface area contributed by atoms with E-state index in [0.29, 0.717) is 13.1 Å². The minimum atomic E-state index is -4.38. The predicted octanol–water partition coefficient (Wildman–Crippen LogP) is 1.55. The maximum atomic E-state index is 12.3. The smallest absolute Gasteiger partial charge is 0.417 e. The number of aliphatic hydroxyl groups excluding tert-OH is 1. The Morgan fingerprint density at radius 3 is 2.79 bits per heavy atom. The van der Waals surface area contributed by atoms with Crippen LogP contribution in [0.2, 0.25) is 0 Å². The number of aliphatic hydroxyl groups is 1. The Morgan fingerprint density at radius 1 is 1.42 bits per heavy atom. The van der Waals surface area contributed by atoms with E-state index in [4.69, 9.17) is 9.84 Å². The fourth-order valence-electron chi connectivity index (χ4n) is 2.03. The zero-order chi connectivity index (χ0) is 13.9. The number of halogens is 3. The highest BCUT2D eigenvalue weighted by Crippen LogP contribution is 2.29. The van der Waals surface area contributed by atoms with Gasteiger partial charge in [-0.25, -0.2) is 4.98 Å². The summed E-state index contributed by atoms with van der Waals surface area (Å²) < 4.78 is 42.6. The lowest BCUT2D eigenvalue weighted by Gasteiger charge is -2.15. The summed E-state index contributed by atoms with van der Waals surface area (Å²) in [5.41, 5.74) is -0.784. The maximum Gasteiger partial charge on any atom is 0.417 e. The highest BCUT2D eigenvalue weighted by atomic mass is 19.4. The fraction of sp³-hybridized carbons (Fsp3) is 0.583. The number of rotatable bonds is 4. The lowest BCUT2D eigenvalue weighted by atomic mass is 10.3. The molecule has 0 spiro atoms. The second-order valence-corrected chi connectivity index (χ2v) is 4.44. The molecule has 2 rings (SSSR count). The van der Waals surface area contributed by atoms with Crippen LogP contribution in [0.4, 0.5) is 13.2 Å². The minimum absolute atomic E-state index is 0.0872. The fourth-order valence-corrected chi connectivity index (χ4v) is 2.03. The molecule has 1 unspecified atom stereocenters. The third-order valence-electron chi connectivity index (χ3n) is 3.00. The second kappa shape index (κ2) is 5.75. The molecule has 106 valence electrons. The first kappa shape index (κ1) is 14.1. The monoisotopic (exact) mass is 276 g/mol. The average molecular weight is 276 g/mol. The van der Waals surface area contributed by atoms with Crippen LogP contribution in [0.25, 0.3) is 0 Å². The van der Waals surface area contributed by atoms with Crippen molar-refractivity contribution in [2.45, 2.75) is 18.7 Å². The summed E-state index contributed by atoms with van der Waals surface area (Å²) in [5, 5.41) is 8.81. The van der Waals surface area contributed by atoms with E-state index in [1.807, 2.05) is 4.90 Å². The highest BCUT2D eigenvalue weighted by molar-refractivity contribution is 5.20. The number of nitrogens with zero attached hydrogens (tertiary/aromatic N) is 2. The van der Waals surface area contributed by atoms with E-state index in [2.05, 4.69) is 4.98 Å². The molecule has 1 saturated heterocycles. The SMILES string of the molecule is OCCN1CCC(Oc2ccc(C(F)(F)F)cn2)C1. The molecule has 4 nitrogen and oxygen atoms in total. The van der Waals surface area contributed by atoms with Crippen molar-refractivity contribution in [3.63, 3.8) is 0 Å². The third-order valence-corrected chi connectivity index (χ3v) is 3.00. The first-order valence-corrected chi connectivity index (χ1v) is 6.02. The van der Waals surface area contributed by atoms with Gasteiger partial charge in [-0.3, -0.25) is 4.90 Å². The minimum Gasteiger partial charge on any atom is -0.473 e. The molecule has 0 aromatic carbocycles. The van der Waals surface area contributed by atoms with Crippen LogP contribution in [-0.4, -0.2) is 47.3 Å². The van der Waals surface area contributed by atoms with E-state index < -0.39 is 11.7 Å². The molecule has 0 amide bonds. The van der Waals surface area contributed by atoms with Gasteiger partial charge in [-0.2, -0.15) is 13.2 Å². The lowest BCUT2D eigenvalue weighted by Crippen LogP contribution is -2.27. The lowest BCUT2D eigenvalue weighted by molar-refractivity contribution is -0.137. The van der Waals surface area contributed by atoms with E-state index in [1.54, 1.807) is 0 Å². The van der Waals surface area contributed by atoms with E-state index >= 15 is 0 Å². The second-order valence-electron chi connectivity index (χ2n) is 4.44. The van der Waals surface area contributed by atoms with Gasteiger partial charge >= 0.3 is 6.18 Å². The summed E-state index contributed by atoms with van der Waals surface area (Å²) in [7, 11) is 0. The van der Waals surface area contributed by atoms with Gasteiger partial charge in [-0.1, -0.05) is 0 Å². The van der Waals surface area contributed by atoms with Crippen LogP contribution in [0.5, 0.6) is 5.88 Å². The van der Waals surface area contributed by atoms with Gasteiger partial charge in [-0.05, 0) is 12.5 Å². The zero-order valence-corrected chi connectivity index (χ0v) is 10.2. The summed E-state index contributed by atoms with van der Waals surface area (Å²) in [6.45, 7) is 2.14. The molecule has 0 bridgehead atoms. The summed E-state index contributed by atoms with van der Waals surface area (Å²) in [4.78, 5) is 5.71. The van der Waals surface area contributed by atoms with Crippen LogP contribution < -0.4 is 4.74 Å². The van der Waals surface area contributed by atoms with Crippen LogP contribution in [-0.2, 0) is 6.18 Å². The van der Waals surface area contributed by atoms with Crippen molar-refractivity contribution in [1.29, 1.82) is 0 Å². The van der Waals surface area contributed by atoms with Gasteiger partial charge in [0.1, 0.15) is 6.10 Å². The molecule has 1 aromatic rings. The van der Waals surface area contributed by atoms with Crippen molar-refractivity contribution in [2.75, 3.05) is 26.2 Å². The topological polar surface area (TPSA) is 45.6 Å². The van der Waals surface area contributed by atoms with Gasteiger partial charge in [0.05, 0.1) is 12.2 Å². The standard InChI is InChI=1S/C12H15F3N2O2/c13-12(14,15)9-1-2-11(16-7-9)19-10-3-4-17(8-10)5-6-18/h1-2,7,10,18H,3-6,8H2. The van der Waals surface area contributed by atoms with Gasteiger partial charge in [-0.15, -0.1) is 0 Å². The molecule has 1 aliphatic rings. The molecule has 1 N–H and O–H groups in total. The molecule has 0 radical (unpaired) electrons. The molecule has 0 saturated carbocycles. The number of ether oxygens (including phenoxy) is 1. The number of hydrogen-bond donors (Lipinski definition) is 1. The Labute approximate surface area is 108 Å². The summed E-state index contributed by atoms with van der Waals surface area (Å²) in [6, 6.07) is 2.19. The Hall–Kier alpha value is -1.34. The maximum absolute atomic E-state index is 12.3. The molecule has 1 atom stereocenters. The number of alkyl halides is 3. The third kappa shape index (κ3) is 3.81. The first-order valence-electron chi connectivity index (χ1n) is 6.02. The molecule has 1 aromatic heterocycles. The van der Waals surface area contributed by atoms with Crippen LogP contribution in [0, 0.1) is 0 Å². The van der Waals surface area contributed by atoms with E-state index in [-0.39, 0.29) is 18.6 Å². The number of likely N-dealkylation sites (tertiary alicyclic amines) is 1. The molecule has 1 aliphatic heterocycles. The van der Waals surface area contributed by atoms with Gasteiger partial charge < -0.3 is 9.84 Å². The summed E-state index contributed by atoms with van der Waals surface area (Å²) in [6.07, 6.45) is -2.91. The molecule has 2 heterocycles. The quantitative estimate of drug-likeness (QED) is 0.906. The van der Waals surface area contributed by atoms with Crippen LogP contribution in [0.1, 0.15) is 12.0 Å². The molecule has 7 heteroatoms. The van der Waals surface area contributed by atoms with Gasteiger partial charge in [0.25, 0.3) is 0 Å². The predicted molar refractivity (Wildman–Crippen MR) is 61.8 cm³/mol. The van der Waals surface area contributed by atoms with Gasteiger partial charge in [0, 0.05) is 31.9 Å². The Bertz CT molecular complexity index is 408. The average Bonchev–Trinajstić information content (AvgIpc) is 2.77. The van der Waals surface area contributed by atoms with Gasteiger partial charge in [0.15, 0.2) is 0 Å². The van der Waals surface area contributed by atoms with Crippen molar-refractivity contribution < 1.29 is 23.0 Å². The molecular weight excluding hydrogens is 261 g/mol. The van der Waals surface area contributed by atoms with Gasteiger partial charge in [0.2, 0.25) is 5.88 Å². The molecule has 1 fully saturated rings. The summed E-state index contributed by atoms with van der Waals surface area (Å²) >= 11 is 0. The van der Waals surface area contributed by atoms with Crippen molar-refractivity contribution in [2.24, 2.45) is 0 Å². The number of hydrogen-bond acceptors (Lipinski definition) is 4. The molecule has 19 heavy (non-hydrogen) atoms. The normalized spacial score (nSPS) is 20.7. The largest absolute Gasteiger partial charge is 0.473 e. The van der Waals surface area contributed by atoms with E-state index in [9.17, 15) is 13.2 Å². The van der Waals surface area contributed by atoms with Crippen LogP contribution >= 0.6 is 0 Å². The van der Waals surface area contributed by atoms with Crippen LogP contribution in [0.15, 0.2) is 18.3 Å². The number of β-amino-alcohol motifs (C(OH)–C–C–N with tert-alkyl or cyclic N) is 1. The van der Waals surface area contributed by atoms with Crippen molar-refractivity contribution >= 4 is 0 Å². The number of pyridine rings is 1. The Morgan fingerprint density at radius 2 is 2.21 bits per heavy atom. The highest BCUT2D eigenvalue weighted by Gasteiger charge is 2.31.